The number of rotatable bonds is 12. The van der Waals surface area contributed by atoms with Crippen molar-refractivity contribution in [3.8, 4) is 17.6 Å². The predicted molar refractivity (Wildman–Crippen MR) is 138 cm³/mol. The van der Waals surface area contributed by atoms with E-state index in [2.05, 4.69) is 21.8 Å². The summed E-state index contributed by atoms with van der Waals surface area (Å²) < 4.78 is 11.4. The Kier molecular flexibility index (Phi) is 9.60. The topological polar surface area (TPSA) is 136 Å². The highest BCUT2D eigenvalue weighted by Gasteiger charge is 2.23. The molecule has 0 fully saturated rings. The third-order valence-corrected chi connectivity index (χ3v) is 5.71. The molecule has 2 aromatic carbocycles. The van der Waals surface area contributed by atoms with Gasteiger partial charge in [0.15, 0.2) is 6.61 Å². The van der Waals surface area contributed by atoms with E-state index in [1.54, 1.807) is 37.4 Å². The zero-order valence-corrected chi connectivity index (χ0v) is 21.4. The average Bonchev–Trinajstić information content (AvgIpc) is 2.88. The van der Waals surface area contributed by atoms with Crippen molar-refractivity contribution in [2.24, 2.45) is 5.10 Å². The number of ether oxygens (including phenoxy) is 2. The fourth-order valence-corrected chi connectivity index (χ4v) is 3.75. The summed E-state index contributed by atoms with van der Waals surface area (Å²) in [7, 11) is 1.62. The van der Waals surface area contributed by atoms with Crippen LogP contribution in [0.3, 0.4) is 0 Å². The van der Waals surface area contributed by atoms with Gasteiger partial charge in [-0.2, -0.15) is 10.4 Å². The molecule has 0 saturated heterocycles. The predicted octanol–water partition coefficient (Wildman–Crippen LogP) is 2.17. The maximum Gasteiger partial charge on any atom is 0.258 e. The van der Waals surface area contributed by atoms with Gasteiger partial charge in [-0.05, 0) is 38.1 Å². The molecule has 0 bridgehead atoms. The molecule has 1 atom stereocenters. The number of amides is 2. The molecule has 0 saturated carbocycles. The Morgan fingerprint density at radius 1 is 1.16 bits per heavy atom. The molecule has 0 radical (unpaired) electrons. The second kappa shape index (κ2) is 12.9. The molecule has 196 valence electrons. The van der Waals surface area contributed by atoms with E-state index in [9.17, 15) is 14.7 Å². The SMILES string of the molecule is CN1N=C(c2ccccc2OCC(=O)NCC(C)(C)NC(O)CCOc2ccccc2C#N)CCC1=O. The Hall–Kier alpha value is -3.94. The number of carbonyl (C=O) groups excluding carboxylic acids is 2. The van der Waals surface area contributed by atoms with E-state index in [1.165, 1.54) is 5.01 Å². The van der Waals surface area contributed by atoms with Crippen LogP contribution < -0.4 is 20.1 Å². The molecule has 0 aromatic heterocycles. The number of benzene rings is 2. The molecule has 0 spiro atoms. The lowest BCUT2D eigenvalue weighted by Crippen LogP contribution is -2.53. The highest BCUT2D eigenvalue weighted by Crippen LogP contribution is 2.23. The molecule has 1 aliphatic heterocycles. The van der Waals surface area contributed by atoms with Crippen LogP contribution in [0.5, 0.6) is 11.5 Å². The van der Waals surface area contributed by atoms with Crippen LogP contribution in [-0.2, 0) is 9.59 Å². The number of para-hydroxylation sites is 2. The number of hydrazone groups is 1. The van der Waals surface area contributed by atoms with Crippen molar-refractivity contribution >= 4 is 17.5 Å². The minimum atomic E-state index is -0.870. The first kappa shape index (κ1) is 27.6. The van der Waals surface area contributed by atoms with Crippen LogP contribution in [0.1, 0.15) is 44.2 Å². The van der Waals surface area contributed by atoms with E-state index >= 15 is 0 Å². The fourth-order valence-electron chi connectivity index (χ4n) is 3.75. The molecule has 0 aliphatic carbocycles. The van der Waals surface area contributed by atoms with E-state index in [-0.39, 0.29) is 31.6 Å². The molecule has 2 amide bonds. The van der Waals surface area contributed by atoms with Crippen molar-refractivity contribution in [2.75, 3.05) is 26.8 Å². The van der Waals surface area contributed by atoms with Crippen LogP contribution in [0, 0.1) is 11.3 Å². The normalized spacial score (nSPS) is 14.4. The van der Waals surface area contributed by atoms with Gasteiger partial charge in [0, 0.05) is 44.0 Å². The van der Waals surface area contributed by atoms with Gasteiger partial charge in [-0.1, -0.05) is 24.3 Å². The standard InChI is InChI=1S/C27H33N5O5/c1-27(2,30-24(33)14-15-36-22-10-6-4-8-19(22)16-28)18-29-25(34)17-37-23-11-7-5-9-20(23)21-12-13-26(35)32(3)31-21/h4-11,24,30,33H,12-15,17-18H2,1-3H3,(H,29,34). The summed E-state index contributed by atoms with van der Waals surface area (Å²) >= 11 is 0. The summed E-state index contributed by atoms with van der Waals surface area (Å²) in [6.07, 6.45) is 0.304. The Balaban J connectivity index is 1.43. The average molecular weight is 508 g/mol. The third kappa shape index (κ3) is 8.31. The van der Waals surface area contributed by atoms with Crippen LogP contribution >= 0.6 is 0 Å². The van der Waals surface area contributed by atoms with Crippen molar-refractivity contribution in [3.05, 3.63) is 59.7 Å². The number of carbonyl (C=O) groups is 2. The van der Waals surface area contributed by atoms with Gasteiger partial charge in [0.2, 0.25) is 5.91 Å². The smallest absolute Gasteiger partial charge is 0.258 e. The van der Waals surface area contributed by atoms with E-state index in [1.807, 2.05) is 32.0 Å². The van der Waals surface area contributed by atoms with Crippen molar-refractivity contribution in [1.29, 1.82) is 5.26 Å². The molecule has 3 N–H and O–H groups in total. The van der Waals surface area contributed by atoms with Gasteiger partial charge in [-0.15, -0.1) is 0 Å². The molecule has 1 aliphatic rings. The van der Waals surface area contributed by atoms with Crippen LogP contribution in [0.2, 0.25) is 0 Å². The first-order valence-electron chi connectivity index (χ1n) is 12.1. The Morgan fingerprint density at radius 2 is 1.86 bits per heavy atom. The lowest BCUT2D eigenvalue weighted by molar-refractivity contribution is -0.130. The van der Waals surface area contributed by atoms with Crippen molar-refractivity contribution < 1.29 is 24.2 Å². The molecule has 3 rings (SSSR count). The summed E-state index contributed by atoms with van der Waals surface area (Å²) in [5.41, 5.74) is 1.31. The fraction of sp³-hybridized carbons (Fsp3) is 0.407. The van der Waals surface area contributed by atoms with Crippen molar-refractivity contribution in [2.45, 2.75) is 44.9 Å². The van der Waals surface area contributed by atoms with E-state index in [4.69, 9.17) is 14.7 Å². The molecule has 37 heavy (non-hydrogen) atoms. The third-order valence-electron chi connectivity index (χ3n) is 5.71. The Morgan fingerprint density at radius 3 is 2.59 bits per heavy atom. The minimum absolute atomic E-state index is 0.0419. The molecule has 2 aromatic rings. The maximum absolute atomic E-state index is 12.5. The van der Waals surface area contributed by atoms with Gasteiger partial charge in [-0.25, -0.2) is 5.01 Å². The van der Waals surface area contributed by atoms with Crippen molar-refractivity contribution in [1.82, 2.24) is 15.6 Å². The first-order valence-corrected chi connectivity index (χ1v) is 12.1. The molecule has 1 unspecified atom stereocenters. The number of nitriles is 1. The maximum atomic E-state index is 12.5. The quantitative estimate of drug-likeness (QED) is 0.375. The van der Waals surface area contributed by atoms with Gasteiger partial charge in [0.25, 0.3) is 5.91 Å². The summed E-state index contributed by atoms with van der Waals surface area (Å²) in [6, 6.07) is 16.3. The van der Waals surface area contributed by atoms with Crippen LogP contribution in [-0.4, -0.2) is 66.2 Å². The number of aliphatic hydroxyl groups excluding tert-OH is 1. The van der Waals surface area contributed by atoms with Crippen LogP contribution in [0.4, 0.5) is 0 Å². The second-order valence-corrected chi connectivity index (χ2v) is 9.31. The molecule has 10 nitrogen and oxygen atoms in total. The zero-order valence-electron chi connectivity index (χ0n) is 21.4. The van der Waals surface area contributed by atoms with Crippen LogP contribution in [0.15, 0.2) is 53.6 Å². The highest BCUT2D eigenvalue weighted by molar-refractivity contribution is 6.06. The van der Waals surface area contributed by atoms with Gasteiger partial charge in [0.05, 0.1) is 17.9 Å². The highest BCUT2D eigenvalue weighted by atomic mass is 16.5. The number of aliphatic hydroxyl groups is 1. The van der Waals surface area contributed by atoms with Crippen molar-refractivity contribution in [3.63, 3.8) is 0 Å². The summed E-state index contributed by atoms with van der Waals surface area (Å²) in [5, 5.41) is 31.0. The van der Waals surface area contributed by atoms with E-state index in [0.29, 0.717) is 36.3 Å². The van der Waals surface area contributed by atoms with Crippen LogP contribution in [0.25, 0.3) is 0 Å². The van der Waals surface area contributed by atoms with Gasteiger partial charge in [-0.3, -0.25) is 14.9 Å². The summed E-state index contributed by atoms with van der Waals surface area (Å²) in [5.74, 6) is 0.638. The Bertz CT molecular complexity index is 1170. The van der Waals surface area contributed by atoms with E-state index < -0.39 is 11.8 Å². The first-order chi connectivity index (χ1) is 17.7. The Labute approximate surface area is 216 Å². The second-order valence-electron chi connectivity index (χ2n) is 9.31. The number of nitrogens with zero attached hydrogens (tertiary/aromatic N) is 3. The summed E-state index contributed by atoms with van der Waals surface area (Å²) in [6.45, 7) is 4.00. The molecule has 1 heterocycles. The lowest BCUT2D eigenvalue weighted by atomic mass is 10.0. The largest absolute Gasteiger partial charge is 0.492 e. The zero-order chi connectivity index (χ0) is 26.8. The van der Waals surface area contributed by atoms with Gasteiger partial charge < -0.3 is 19.9 Å². The number of hydrogen-bond donors (Lipinski definition) is 3. The van der Waals surface area contributed by atoms with Gasteiger partial charge >= 0.3 is 0 Å². The monoisotopic (exact) mass is 507 g/mol. The summed E-state index contributed by atoms with van der Waals surface area (Å²) in [4.78, 5) is 24.2. The minimum Gasteiger partial charge on any atom is -0.492 e. The lowest BCUT2D eigenvalue weighted by Gasteiger charge is -2.29. The molecular weight excluding hydrogens is 474 g/mol. The number of nitrogens with one attached hydrogen (secondary N) is 2. The van der Waals surface area contributed by atoms with E-state index in [0.717, 1.165) is 11.3 Å². The molecule has 10 heteroatoms. The number of hydrogen-bond acceptors (Lipinski definition) is 8. The molecular formula is C27H33N5O5. The van der Waals surface area contributed by atoms with Gasteiger partial charge in [0.1, 0.15) is 23.8 Å².